The molecular formula is C13H16FN3O3. The summed E-state index contributed by atoms with van der Waals surface area (Å²) in [4.78, 5) is 23.8. The van der Waals surface area contributed by atoms with Gasteiger partial charge in [-0.1, -0.05) is 0 Å². The number of nitrogen functional groups attached to an aromatic ring is 1. The van der Waals surface area contributed by atoms with Gasteiger partial charge in [-0.15, -0.1) is 0 Å². The molecule has 1 amide bonds. The van der Waals surface area contributed by atoms with Crippen LogP contribution in [0.3, 0.4) is 0 Å². The summed E-state index contributed by atoms with van der Waals surface area (Å²) in [6.45, 7) is 0.501. The van der Waals surface area contributed by atoms with Crippen molar-refractivity contribution in [1.29, 1.82) is 0 Å². The van der Waals surface area contributed by atoms with E-state index in [4.69, 9.17) is 10.8 Å². The fourth-order valence-electron chi connectivity index (χ4n) is 2.23. The lowest BCUT2D eigenvalue weighted by Gasteiger charge is -2.31. The van der Waals surface area contributed by atoms with Gasteiger partial charge in [0, 0.05) is 26.1 Å². The zero-order chi connectivity index (χ0) is 14.9. The summed E-state index contributed by atoms with van der Waals surface area (Å²) in [5.74, 6) is -2.12. The van der Waals surface area contributed by atoms with E-state index in [2.05, 4.69) is 5.32 Å². The molecule has 1 aliphatic heterocycles. The average Bonchev–Trinajstić information content (AvgIpc) is 2.37. The van der Waals surface area contributed by atoms with Crippen LogP contribution in [0.15, 0.2) is 12.1 Å². The van der Waals surface area contributed by atoms with Gasteiger partial charge in [0.1, 0.15) is 5.82 Å². The maximum absolute atomic E-state index is 13.6. The van der Waals surface area contributed by atoms with E-state index >= 15 is 0 Å². The highest BCUT2D eigenvalue weighted by Gasteiger charge is 2.23. The number of nitrogens with one attached hydrogen (secondary N) is 1. The fourth-order valence-corrected chi connectivity index (χ4v) is 2.23. The first kappa shape index (κ1) is 14.1. The third-order valence-electron chi connectivity index (χ3n) is 3.36. The molecule has 0 aliphatic carbocycles. The number of nitrogens with two attached hydrogens (primary N) is 1. The maximum atomic E-state index is 13.6. The van der Waals surface area contributed by atoms with Crippen molar-refractivity contribution in [3.8, 4) is 0 Å². The molecule has 108 valence electrons. The number of amides is 1. The van der Waals surface area contributed by atoms with E-state index in [9.17, 15) is 14.0 Å². The van der Waals surface area contributed by atoms with Crippen LogP contribution in [0.5, 0.6) is 0 Å². The van der Waals surface area contributed by atoms with E-state index in [0.717, 1.165) is 12.1 Å². The van der Waals surface area contributed by atoms with E-state index in [1.807, 2.05) is 0 Å². The first-order valence-electron chi connectivity index (χ1n) is 6.21. The van der Waals surface area contributed by atoms with Gasteiger partial charge >= 0.3 is 5.97 Å². The summed E-state index contributed by atoms with van der Waals surface area (Å²) in [7, 11) is 1.70. The number of hydrogen-bond acceptors (Lipinski definition) is 4. The van der Waals surface area contributed by atoms with Crippen LogP contribution in [-0.4, -0.2) is 41.5 Å². The van der Waals surface area contributed by atoms with Gasteiger partial charge in [0.25, 0.3) is 0 Å². The van der Waals surface area contributed by atoms with Crippen LogP contribution in [0.4, 0.5) is 15.8 Å². The molecule has 0 saturated carbocycles. The Balaban J connectivity index is 2.16. The van der Waals surface area contributed by atoms with E-state index in [-0.39, 0.29) is 17.6 Å². The molecular weight excluding hydrogens is 265 g/mol. The van der Waals surface area contributed by atoms with E-state index in [1.54, 1.807) is 11.9 Å². The molecule has 4 N–H and O–H groups in total. The van der Waals surface area contributed by atoms with E-state index in [0.29, 0.717) is 25.1 Å². The summed E-state index contributed by atoms with van der Waals surface area (Å²) in [5, 5.41) is 11.9. The molecule has 1 saturated heterocycles. The number of nitrogens with zero attached hydrogens (tertiary/aromatic N) is 1. The molecule has 1 aromatic rings. The lowest BCUT2D eigenvalue weighted by molar-refractivity contribution is -0.132. The molecule has 1 atom stereocenters. The number of rotatable bonds is 3. The second-order valence-corrected chi connectivity index (χ2v) is 4.88. The monoisotopic (exact) mass is 281 g/mol. The second-order valence-electron chi connectivity index (χ2n) is 4.88. The smallest absolute Gasteiger partial charge is 0.338 e. The number of carboxylic acids is 1. The van der Waals surface area contributed by atoms with Crippen LogP contribution in [0.2, 0.25) is 0 Å². The van der Waals surface area contributed by atoms with Crippen molar-refractivity contribution in [2.75, 3.05) is 24.6 Å². The Hall–Kier alpha value is -2.31. The summed E-state index contributed by atoms with van der Waals surface area (Å²) < 4.78 is 13.6. The molecule has 2 rings (SSSR count). The number of piperidine rings is 1. The topological polar surface area (TPSA) is 95.7 Å². The quantitative estimate of drug-likeness (QED) is 0.722. The second kappa shape index (κ2) is 5.36. The summed E-state index contributed by atoms with van der Waals surface area (Å²) in [5.41, 5.74) is 5.80. The van der Waals surface area contributed by atoms with Gasteiger partial charge in [-0.3, -0.25) is 4.79 Å². The largest absolute Gasteiger partial charge is 0.478 e. The molecule has 7 heteroatoms. The normalized spacial score (nSPS) is 19.0. The van der Waals surface area contributed by atoms with Gasteiger partial charge in [-0.25, -0.2) is 9.18 Å². The molecule has 1 aromatic carbocycles. The van der Waals surface area contributed by atoms with Crippen molar-refractivity contribution in [1.82, 2.24) is 4.90 Å². The zero-order valence-corrected chi connectivity index (χ0v) is 11.0. The predicted molar refractivity (Wildman–Crippen MR) is 72.1 cm³/mol. The number of hydrogen-bond donors (Lipinski definition) is 3. The molecule has 0 aromatic heterocycles. The summed E-state index contributed by atoms with van der Waals surface area (Å²) >= 11 is 0. The molecule has 20 heavy (non-hydrogen) atoms. The van der Waals surface area contributed by atoms with Gasteiger partial charge in [-0.05, 0) is 18.6 Å². The number of benzene rings is 1. The highest BCUT2D eigenvalue weighted by molar-refractivity contribution is 5.90. The van der Waals surface area contributed by atoms with E-state index < -0.39 is 17.3 Å². The molecule has 1 heterocycles. The van der Waals surface area contributed by atoms with Gasteiger partial charge in [0.2, 0.25) is 5.91 Å². The van der Waals surface area contributed by atoms with Crippen molar-refractivity contribution in [2.24, 2.45) is 0 Å². The van der Waals surface area contributed by atoms with Crippen LogP contribution in [0.1, 0.15) is 23.2 Å². The molecule has 0 radical (unpaired) electrons. The maximum Gasteiger partial charge on any atom is 0.338 e. The average molecular weight is 281 g/mol. The summed E-state index contributed by atoms with van der Waals surface area (Å²) in [6, 6.07) is 2.14. The Morgan fingerprint density at radius 3 is 2.85 bits per heavy atom. The number of halogens is 1. The number of anilines is 2. The Kier molecular flexibility index (Phi) is 3.78. The fraction of sp³-hybridized carbons (Fsp3) is 0.385. The number of aromatic carboxylic acids is 1. The first-order chi connectivity index (χ1) is 9.38. The Morgan fingerprint density at radius 1 is 1.55 bits per heavy atom. The van der Waals surface area contributed by atoms with Crippen LogP contribution in [-0.2, 0) is 4.79 Å². The highest BCUT2D eigenvalue weighted by atomic mass is 19.1. The molecule has 6 nitrogen and oxygen atoms in total. The van der Waals surface area contributed by atoms with Crippen molar-refractivity contribution >= 4 is 23.3 Å². The molecule has 1 unspecified atom stereocenters. The SMILES string of the molecule is CN1CC(Nc2cc(F)c(C(=O)O)cc2N)CCC1=O. The van der Waals surface area contributed by atoms with E-state index in [1.165, 1.54) is 0 Å². The van der Waals surface area contributed by atoms with Gasteiger partial charge in [0.15, 0.2) is 0 Å². The van der Waals surface area contributed by atoms with Crippen molar-refractivity contribution < 1.29 is 19.1 Å². The van der Waals surface area contributed by atoms with Crippen LogP contribution < -0.4 is 11.1 Å². The molecule has 1 fully saturated rings. The third-order valence-corrected chi connectivity index (χ3v) is 3.36. The minimum Gasteiger partial charge on any atom is -0.478 e. The van der Waals surface area contributed by atoms with Gasteiger partial charge in [-0.2, -0.15) is 0 Å². The lowest BCUT2D eigenvalue weighted by atomic mass is 10.0. The number of carboxylic acid groups (broad SMARTS) is 1. The third kappa shape index (κ3) is 2.81. The first-order valence-corrected chi connectivity index (χ1v) is 6.21. The van der Waals surface area contributed by atoms with Crippen molar-refractivity contribution in [2.45, 2.75) is 18.9 Å². The molecule has 1 aliphatic rings. The molecule has 0 bridgehead atoms. The van der Waals surface area contributed by atoms with Crippen LogP contribution in [0, 0.1) is 5.82 Å². The zero-order valence-electron chi connectivity index (χ0n) is 11.0. The number of likely N-dealkylation sites (tertiary alicyclic amines) is 1. The Labute approximate surface area is 115 Å². The predicted octanol–water partition coefficient (Wildman–Crippen LogP) is 1.14. The van der Waals surface area contributed by atoms with Gasteiger partial charge < -0.3 is 21.1 Å². The Bertz CT molecular complexity index is 562. The number of carbonyl (C=O) groups is 2. The standard InChI is InChI=1S/C13H16FN3O3/c1-17-6-7(2-3-12(17)18)16-11-5-9(14)8(13(19)20)4-10(11)15/h4-5,7,16H,2-3,6,15H2,1H3,(H,19,20). The minimum absolute atomic E-state index is 0.0323. The lowest BCUT2D eigenvalue weighted by Crippen LogP contribution is -2.43. The summed E-state index contributed by atoms with van der Waals surface area (Å²) in [6.07, 6.45) is 1.05. The Morgan fingerprint density at radius 2 is 2.25 bits per heavy atom. The molecule has 0 spiro atoms. The minimum atomic E-state index is -1.36. The van der Waals surface area contributed by atoms with Crippen molar-refractivity contribution in [3.63, 3.8) is 0 Å². The van der Waals surface area contributed by atoms with Crippen LogP contribution in [0.25, 0.3) is 0 Å². The number of carbonyl (C=O) groups excluding carboxylic acids is 1. The van der Waals surface area contributed by atoms with Crippen LogP contribution >= 0.6 is 0 Å². The van der Waals surface area contributed by atoms with Crippen molar-refractivity contribution in [3.05, 3.63) is 23.5 Å². The number of likely N-dealkylation sites (N-methyl/N-ethyl adjacent to an activating group) is 1. The van der Waals surface area contributed by atoms with Gasteiger partial charge in [0.05, 0.1) is 16.9 Å². The highest BCUT2D eigenvalue weighted by Crippen LogP contribution is 2.25.